The van der Waals surface area contributed by atoms with Crippen LogP contribution in [-0.4, -0.2) is 31.7 Å². The Morgan fingerprint density at radius 3 is 2.56 bits per heavy atom. The van der Waals surface area contributed by atoms with E-state index in [4.69, 9.17) is 21.7 Å². The van der Waals surface area contributed by atoms with Gasteiger partial charge in [-0.3, -0.25) is 0 Å². The molecule has 0 heterocycles. The van der Waals surface area contributed by atoms with Crippen molar-refractivity contribution in [3.05, 3.63) is 28.7 Å². The molecule has 1 rings (SSSR count). The summed E-state index contributed by atoms with van der Waals surface area (Å²) in [4.78, 5) is 0. The molecule has 0 aliphatic rings. The van der Waals surface area contributed by atoms with Gasteiger partial charge in [-0.05, 0) is 37.3 Å². The second-order valence-electron chi connectivity index (χ2n) is 3.74. The molecule has 1 aromatic rings. The predicted octanol–water partition coefficient (Wildman–Crippen LogP) is 2.74. The summed E-state index contributed by atoms with van der Waals surface area (Å²) in [6.07, 6.45) is -0.341. The Hall–Kier alpha value is -0.690. The van der Waals surface area contributed by atoms with Gasteiger partial charge in [0.15, 0.2) is 11.4 Å². The number of nitrogens with one attached hydrogen (secondary N) is 2. The summed E-state index contributed by atoms with van der Waals surface area (Å²) in [6, 6.07) is 7.73. The molecule has 0 aromatic heterocycles. The molecule has 2 N–H and O–H groups in total. The topological polar surface area (TPSA) is 42.5 Å². The van der Waals surface area contributed by atoms with E-state index in [1.54, 1.807) is 14.2 Å². The van der Waals surface area contributed by atoms with Gasteiger partial charge in [0.1, 0.15) is 0 Å². The van der Waals surface area contributed by atoms with Crippen LogP contribution < -0.4 is 10.6 Å². The molecule has 6 heteroatoms. The van der Waals surface area contributed by atoms with E-state index in [0.29, 0.717) is 5.11 Å². The minimum Gasteiger partial charge on any atom is -0.355 e. The van der Waals surface area contributed by atoms with E-state index in [0.717, 1.165) is 10.2 Å². The Bertz CT molecular complexity index is 399. The van der Waals surface area contributed by atoms with Crippen LogP contribution in [0.25, 0.3) is 0 Å². The van der Waals surface area contributed by atoms with Gasteiger partial charge in [0.05, 0.1) is 6.04 Å². The number of hydrogen-bond acceptors (Lipinski definition) is 3. The van der Waals surface area contributed by atoms with Crippen LogP contribution in [0.3, 0.4) is 0 Å². The monoisotopic (exact) mass is 332 g/mol. The standard InChI is InChI=1S/C12H17BrN2O2S/c1-8(11(16-2)17-3)14-12(18)15-10-6-4-5-9(13)7-10/h4-8,11H,1-3H3,(H2,14,15,18). The van der Waals surface area contributed by atoms with E-state index in [-0.39, 0.29) is 12.3 Å². The van der Waals surface area contributed by atoms with Crippen molar-refractivity contribution in [1.82, 2.24) is 5.32 Å². The summed E-state index contributed by atoms with van der Waals surface area (Å²) in [5.74, 6) is 0. The van der Waals surface area contributed by atoms with Crippen LogP contribution in [0.5, 0.6) is 0 Å². The molecule has 4 nitrogen and oxygen atoms in total. The van der Waals surface area contributed by atoms with E-state index < -0.39 is 0 Å². The number of halogens is 1. The van der Waals surface area contributed by atoms with Crippen LogP contribution in [0.1, 0.15) is 6.92 Å². The van der Waals surface area contributed by atoms with Crippen molar-refractivity contribution in [3.63, 3.8) is 0 Å². The minimum atomic E-state index is -0.341. The van der Waals surface area contributed by atoms with Crippen molar-refractivity contribution in [2.24, 2.45) is 0 Å². The van der Waals surface area contributed by atoms with Crippen molar-refractivity contribution in [2.45, 2.75) is 19.3 Å². The molecule has 100 valence electrons. The van der Waals surface area contributed by atoms with E-state index in [2.05, 4.69) is 26.6 Å². The molecule has 0 saturated carbocycles. The van der Waals surface area contributed by atoms with Gasteiger partial charge >= 0.3 is 0 Å². The highest BCUT2D eigenvalue weighted by molar-refractivity contribution is 9.10. The molecule has 0 bridgehead atoms. The van der Waals surface area contributed by atoms with Gasteiger partial charge in [-0.1, -0.05) is 22.0 Å². The van der Waals surface area contributed by atoms with Crippen molar-refractivity contribution in [1.29, 1.82) is 0 Å². The molecule has 1 unspecified atom stereocenters. The number of anilines is 1. The number of hydrogen-bond donors (Lipinski definition) is 2. The summed E-state index contributed by atoms with van der Waals surface area (Å²) >= 11 is 8.63. The molecular formula is C12H17BrN2O2S. The lowest BCUT2D eigenvalue weighted by molar-refractivity contribution is -0.116. The van der Waals surface area contributed by atoms with Crippen LogP contribution in [0.15, 0.2) is 28.7 Å². The first-order chi connectivity index (χ1) is 8.56. The van der Waals surface area contributed by atoms with Gasteiger partial charge in [-0.25, -0.2) is 0 Å². The van der Waals surface area contributed by atoms with Crippen molar-refractivity contribution >= 4 is 38.9 Å². The second-order valence-corrected chi connectivity index (χ2v) is 5.06. The number of benzene rings is 1. The molecule has 18 heavy (non-hydrogen) atoms. The maximum absolute atomic E-state index is 5.22. The third-order valence-electron chi connectivity index (χ3n) is 2.31. The minimum absolute atomic E-state index is 0.0489. The Kier molecular flexibility index (Phi) is 6.56. The lowest BCUT2D eigenvalue weighted by Crippen LogP contribution is -2.44. The van der Waals surface area contributed by atoms with E-state index in [9.17, 15) is 0 Å². The molecule has 0 saturated heterocycles. The van der Waals surface area contributed by atoms with Crippen LogP contribution in [0.4, 0.5) is 5.69 Å². The molecule has 0 fully saturated rings. The number of methoxy groups -OCH3 is 2. The highest BCUT2D eigenvalue weighted by Gasteiger charge is 2.16. The van der Waals surface area contributed by atoms with Gasteiger partial charge in [-0.15, -0.1) is 0 Å². The van der Waals surface area contributed by atoms with Crippen molar-refractivity contribution in [3.8, 4) is 0 Å². The average Bonchev–Trinajstić information content (AvgIpc) is 2.30. The van der Waals surface area contributed by atoms with Crippen LogP contribution in [-0.2, 0) is 9.47 Å². The summed E-state index contributed by atoms with van der Waals surface area (Å²) in [7, 11) is 3.19. The summed E-state index contributed by atoms with van der Waals surface area (Å²) in [6.45, 7) is 1.94. The summed E-state index contributed by atoms with van der Waals surface area (Å²) < 4.78 is 11.3. The molecule has 0 radical (unpaired) electrons. The largest absolute Gasteiger partial charge is 0.355 e. The Morgan fingerprint density at radius 2 is 2.00 bits per heavy atom. The number of rotatable bonds is 5. The van der Waals surface area contributed by atoms with Crippen LogP contribution in [0, 0.1) is 0 Å². The Balaban J connectivity index is 2.51. The van der Waals surface area contributed by atoms with E-state index in [1.165, 1.54) is 0 Å². The van der Waals surface area contributed by atoms with Gasteiger partial charge in [-0.2, -0.15) is 0 Å². The van der Waals surface area contributed by atoms with Gasteiger partial charge in [0.25, 0.3) is 0 Å². The van der Waals surface area contributed by atoms with Crippen LogP contribution >= 0.6 is 28.1 Å². The maximum atomic E-state index is 5.22. The third-order valence-corrected chi connectivity index (χ3v) is 3.03. The fraction of sp³-hybridized carbons (Fsp3) is 0.417. The molecule has 1 atom stereocenters. The Labute approximate surface area is 121 Å². The maximum Gasteiger partial charge on any atom is 0.176 e. The van der Waals surface area contributed by atoms with E-state index >= 15 is 0 Å². The predicted molar refractivity (Wildman–Crippen MR) is 80.8 cm³/mol. The molecular weight excluding hydrogens is 316 g/mol. The molecule has 1 aromatic carbocycles. The molecule has 0 spiro atoms. The summed E-state index contributed by atoms with van der Waals surface area (Å²) in [5, 5.41) is 6.73. The average molecular weight is 333 g/mol. The zero-order valence-electron chi connectivity index (χ0n) is 10.6. The quantitative estimate of drug-likeness (QED) is 0.641. The first kappa shape index (κ1) is 15.4. The number of thiocarbonyl (C=S) groups is 1. The third kappa shape index (κ3) is 4.89. The smallest absolute Gasteiger partial charge is 0.176 e. The summed E-state index contributed by atoms with van der Waals surface area (Å²) in [5.41, 5.74) is 0.917. The van der Waals surface area contributed by atoms with E-state index in [1.807, 2.05) is 31.2 Å². The van der Waals surface area contributed by atoms with Crippen LogP contribution in [0.2, 0.25) is 0 Å². The van der Waals surface area contributed by atoms with Gasteiger partial charge in [0.2, 0.25) is 0 Å². The number of ether oxygens (including phenoxy) is 2. The fourth-order valence-corrected chi connectivity index (χ4v) is 2.22. The van der Waals surface area contributed by atoms with Gasteiger partial charge < -0.3 is 20.1 Å². The fourth-order valence-electron chi connectivity index (χ4n) is 1.51. The van der Waals surface area contributed by atoms with Crippen molar-refractivity contribution < 1.29 is 9.47 Å². The second kappa shape index (κ2) is 7.68. The lowest BCUT2D eigenvalue weighted by Gasteiger charge is -2.23. The first-order valence-electron chi connectivity index (χ1n) is 5.45. The first-order valence-corrected chi connectivity index (χ1v) is 6.65. The molecule has 0 aliphatic heterocycles. The lowest BCUT2D eigenvalue weighted by atomic mass is 10.3. The molecule has 0 amide bonds. The van der Waals surface area contributed by atoms with Crippen molar-refractivity contribution in [2.75, 3.05) is 19.5 Å². The zero-order valence-corrected chi connectivity index (χ0v) is 13.0. The highest BCUT2D eigenvalue weighted by atomic mass is 79.9. The van der Waals surface area contributed by atoms with Gasteiger partial charge in [0, 0.05) is 24.4 Å². The SMILES string of the molecule is COC(OC)C(C)NC(=S)Nc1cccc(Br)c1. The Morgan fingerprint density at radius 1 is 1.33 bits per heavy atom. The highest BCUT2D eigenvalue weighted by Crippen LogP contribution is 2.15. The molecule has 0 aliphatic carbocycles. The zero-order chi connectivity index (χ0) is 13.5. The normalized spacial score (nSPS) is 12.3.